The highest BCUT2D eigenvalue weighted by atomic mass is 16.7. The molecule has 1 aromatic carbocycles. The molecule has 1 aromatic heterocycles. The smallest absolute Gasteiger partial charge is 0.112 e. The summed E-state index contributed by atoms with van der Waals surface area (Å²) in [5.41, 5.74) is 1.59. The predicted octanol–water partition coefficient (Wildman–Crippen LogP) is 3.15. The fourth-order valence-corrected chi connectivity index (χ4v) is 1.42. The van der Waals surface area contributed by atoms with Crippen molar-refractivity contribution in [2.24, 2.45) is 0 Å². The van der Waals surface area contributed by atoms with Gasteiger partial charge in [0.2, 0.25) is 0 Å². The average Bonchev–Trinajstić information content (AvgIpc) is 2.73. The van der Waals surface area contributed by atoms with Crippen LogP contribution < -0.4 is 4.84 Å². The molecule has 2 aromatic rings. The van der Waals surface area contributed by atoms with Gasteiger partial charge in [-0.25, -0.2) is 0 Å². The number of allylic oxidation sites excluding steroid dienone is 1. The molecule has 0 amide bonds. The molecule has 0 fully saturated rings. The SMILES string of the molecule is C=CC.CCOn1ccc2ccc(C#N)cc21. The van der Waals surface area contributed by atoms with Crippen LogP contribution >= 0.6 is 0 Å². The van der Waals surface area contributed by atoms with Crippen LogP contribution in [-0.2, 0) is 0 Å². The third kappa shape index (κ3) is 3.12. The first-order chi connectivity index (χ1) is 8.26. The van der Waals surface area contributed by atoms with Gasteiger partial charge in [0, 0.05) is 11.6 Å². The van der Waals surface area contributed by atoms with Crippen LogP contribution in [-0.4, -0.2) is 11.3 Å². The first-order valence-electron chi connectivity index (χ1n) is 5.48. The Labute approximate surface area is 101 Å². The second kappa shape index (κ2) is 6.39. The first kappa shape index (κ1) is 12.9. The maximum Gasteiger partial charge on any atom is 0.112 e. The van der Waals surface area contributed by atoms with Crippen LogP contribution in [0.25, 0.3) is 10.9 Å². The number of hydrogen-bond acceptors (Lipinski definition) is 2. The minimum Gasteiger partial charge on any atom is -0.414 e. The molecule has 0 saturated carbocycles. The highest BCUT2D eigenvalue weighted by Gasteiger charge is 2.01. The van der Waals surface area contributed by atoms with Gasteiger partial charge >= 0.3 is 0 Å². The van der Waals surface area contributed by atoms with Crippen LogP contribution in [0.15, 0.2) is 43.1 Å². The van der Waals surface area contributed by atoms with Crippen molar-refractivity contribution in [3.63, 3.8) is 0 Å². The number of rotatable bonds is 2. The summed E-state index contributed by atoms with van der Waals surface area (Å²) in [4.78, 5) is 5.37. The molecule has 88 valence electrons. The van der Waals surface area contributed by atoms with E-state index in [4.69, 9.17) is 10.1 Å². The van der Waals surface area contributed by atoms with Gasteiger partial charge in [-0.3, -0.25) is 0 Å². The van der Waals surface area contributed by atoms with E-state index < -0.39 is 0 Å². The lowest BCUT2D eigenvalue weighted by molar-refractivity contribution is 0.132. The summed E-state index contributed by atoms with van der Waals surface area (Å²) in [5, 5.41) is 9.84. The molecule has 3 nitrogen and oxygen atoms in total. The second-order valence-electron chi connectivity index (χ2n) is 3.35. The molecule has 17 heavy (non-hydrogen) atoms. The predicted molar refractivity (Wildman–Crippen MR) is 69.6 cm³/mol. The van der Waals surface area contributed by atoms with Gasteiger partial charge in [0.05, 0.1) is 17.1 Å². The molecule has 0 saturated heterocycles. The maximum atomic E-state index is 8.76. The first-order valence-corrected chi connectivity index (χ1v) is 5.48. The summed E-state index contributed by atoms with van der Waals surface area (Å²) in [6.45, 7) is 7.79. The molecular formula is C14H16N2O. The number of benzene rings is 1. The minimum absolute atomic E-state index is 0.612. The average molecular weight is 228 g/mol. The number of fused-ring (bicyclic) bond motifs is 1. The van der Waals surface area contributed by atoms with Crippen LogP contribution in [0.2, 0.25) is 0 Å². The zero-order chi connectivity index (χ0) is 12.7. The minimum atomic E-state index is 0.612. The van der Waals surface area contributed by atoms with E-state index in [2.05, 4.69) is 12.6 Å². The Morgan fingerprint density at radius 3 is 2.76 bits per heavy atom. The van der Waals surface area contributed by atoms with E-state index in [1.807, 2.05) is 38.2 Å². The molecule has 2 rings (SSSR count). The maximum absolute atomic E-state index is 8.76. The Bertz CT molecular complexity index is 535. The van der Waals surface area contributed by atoms with Crippen molar-refractivity contribution in [2.75, 3.05) is 6.61 Å². The van der Waals surface area contributed by atoms with Crippen LogP contribution in [0.4, 0.5) is 0 Å². The molecule has 3 heteroatoms. The zero-order valence-electron chi connectivity index (χ0n) is 10.2. The van der Waals surface area contributed by atoms with E-state index in [1.165, 1.54) is 0 Å². The molecule has 0 unspecified atom stereocenters. The van der Waals surface area contributed by atoms with Gasteiger partial charge in [-0.1, -0.05) is 12.1 Å². The van der Waals surface area contributed by atoms with Gasteiger partial charge in [-0.2, -0.15) is 9.99 Å². The summed E-state index contributed by atoms with van der Waals surface area (Å²) < 4.78 is 1.69. The highest BCUT2D eigenvalue weighted by Crippen LogP contribution is 2.16. The van der Waals surface area contributed by atoms with Crippen molar-refractivity contribution >= 4 is 10.9 Å². The standard InChI is InChI=1S/C11H10N2O.C3H6/c1-2-14-13-6-5-10-4-3-9(8-12)7-11(10)13;1-3-2/h3-7H,2H2,1H3;3H,1H2,2H3. The molecule has 0 N–H and O–H groups in total. The van der Waals surface area contributed by atoms with Crippen LogP contribution in [0.3, 0.4) is 0 Å². The molecule has 0 bridgehead atoms. The summed E-state index contributed by atoms with van der Waals surface area (Å²) >= 11 is 0. The number of hydrogen-bond donors (Lipinski definition) is 0. The van der Waals surface area contributed by atoms with Gasteiger partial charge in [0.15, 0.2) is 0 Å². The van der Waals surface area contributed by atoms with Crippen LogP contribution in [0.1, 0.15) is 19.4 Å². The fraction of sp³-hybridized carbons (Fsp3) is 0.214. The van der Waals surface area contributed by atoms with Crippen molar-refractivity contribution in [1.29, 1.82) is 5.26 Å². The van der Waals surface area contributed by atoms with Gasteiger partial charge < -0.3 is 4.84 Å². The lowest BCUT2D eigenvalue weighted by Crippen LogP contribution is -2.08. The monoisotopic (exact) mass is 228 g/mol. The van der Waals surface area contributed by atoms with E-state index >= 15 is 0 Å². The van der Waals surface area contributed by atoms with E-state index in [0.29, 0.717) is 12.2 Å². The number of aromatic nitrogens is 1. The van der Waals surface area contributed by atoms with Crippen molar-refractivity contribution in [3.05, 3.63) is 48.7 Å². The molecule has 1 heterocycles. The third-order valence-corrected chi connectivity index (χ3v) is 2.05. The quantitative estimate of drug-likeness (QED) is 0.740. The Morgan fingerprint density at radius 1 is 1.47 bits per heavy atom. The number of nitrogens with zero attached hydrogens (tertiary/aromatic N) is 2. The molecule has 0 atom stereocenters. The molecule has 0 radical (unpaired) electrons. The third-order valence-electron chi connectivity index (χ3n) is 2.05. The Morgan fingerprint density at radius 2 is 2.18 bits per heavy atom. The lowest BCUT2D eigenvalue weighted by atomic mass is 10.2. The topological polar surface area (TPSA) is 38.0 Å². The van der Waals surface area contributed by atoms with Crippen molar-refractivity contribution in [1.82, 2.24) is 4.73 Å². The van der Waals surface area contributed by atoms with E-state index in [9.17, 15) is 0 Å². The van der Waals surface area contributed by atoms with Crippen molar-refractivity contribution in [2.45, 2.75) is 13.8 Å². The molecule has 0 aliphatic heterocycles. The van der Waals surface area contributed by atoms with Crippen molar-refractivity contribution < 1.29 is 4.84 Å². The lowest BCUT2D eigenvalue weighted by Gasteiger charge is -2.04. The van der Waals surface area contributed by atoms with E-state index in [0.717, 1.165) is 10.9 Å². The Balaban J connectivity index is 0.000000437. The van der Waals surface area contributed by atoms with Crippen LogP contribution in [0.5, 0.6) is 0 Å². The highest BCUT2D eigenvalue weighted by molar-refractivity contribution is 5.81. The van der Waals surface area contributed by atoms with Crippen LogP contribution in [0, 0.1) is 11.3 Å². The summed E-state index contributed by atoms with van der Waals surface area (Å²) in [7, 11) is 0. The second-order valence-corrected chi connectivity index (χ2v) is 3.35. The van der Waals surface area contributed by atoms with Gasteiger partial charge in [-0.05, 0) is 32.0 Å². The van der Waals surface area contributed by atoms with Gasteiger partial charge in [0.1, 0.15) is 6.61 Å². The molecule has 0 aliphatic carbocycles. The molecule has 0 aliphatic rings. The summed E-state index contributed by atoms with van der Waals surface area (Å²) in [6.07, 6.45) is 3.61. The molecule has 0 spiro atoms. The Kier molecular flexibility index (Phi) is 4.83. The Hall–Kier alpha value is -2.21. The summed E-state index contributed by atoms with van der Waals surface area (Å²) in [6, 6.07) is 9.62. The normalized spacial score (nSPS) is 9.00. The van der Waals surface area contributed by atoms with Crippen molar-refractivity contribution in [3.8, 4) is 6.07 Å². The fourth-order valence-electron chi connectivity index (χ4n) is 1.42. The largest absolute Gasteiger partial charge is 0.414 e. The van der Waals surface area contributed by atoms with Gasteiger partial charge in [0.25, 0.3) is 0 Å². The molecular weight excluding hydrogens is 212 g/mol. The van der Waals surface area contributed by atoms with E-state index in [1.54, 1.807) is 16.9 Å². The zero-order valence-corrected chi connectivity index (χ0v) is 10.2. The van der Waals surface area contributed by atoms with Gasteiger partial charge in [-0.15, -0.1) is 6.58 Å². The summed E-state index contributed by atoms with van der Waals surface area (Å²) in [5.74, 6) is 0. The van der Waals surface area contributed by atoms with E-state index in [-0.39, 0.29) is 0 Å². The number of nitriles is 1.